The van der Waals surface area contributed by atoms with E-state index in [1.807, 2.05) is 29.2 Å². The molecule has 0 aliphatic carbocycles. The van der Waals surface area contributed by atoms with Crippen LogP contribution in [-0.2, 0) is 11.2 Å². The minimum Gasteiger partial charge on any atom is -0.341 e. The highest BCUT2D eigenvalue weighted by Crippen LogP contribution is 2.38. The Hall–Kier alpha value is -0.870. The van der Waals surface area contributed by atoms with Crippen molar-refractivity contribution in [3.05, 3.63) is 34.3 Å². The summed E-state index contributed by atoms with van der Waals surface area (Å²) in [6.45, 7) is 4.13. The molecule has 0 saturated carbocycles. The van der Waals surface area contributed by atoms with Crippen LogP contribution in [0, 0.1) is 5.41 Å². The van der Waals surface area contributed by atoms with Crippen LogP contribution in [-0.4, -0.2) is 37.0 Å². The van der Waals surface area contributed by atoms with Gasteiger partial charge in [0.2, 0.25) is 5.91 Å². The molecule has 1 aromatic carbocycles. The first kappa shape index (κ1) is 13.1. The van der Waals surface area contributed by atoms with E-state index in [-0.39, 0.29) is 5.91 Å². The zero-order valence-corrected chi connectivity index (χ0v) is 12.6. The topological polar surface area (TPSA) is 32.3 Å². The molecule has 2 aliphatic rings. The lowest BCUT2D eigenvalue weighted by molar-refractivity contribution is -0.144. The predicted molar refractivity (Wildman–Crippen MR) is 79.0 cm³/mol. The van der Waals surface area contributed by atoms with Crippen LogP contribution in [0.25, 0.3) is 0 Å². The predicted octanol–water partition coefficient (Wildman–Crippen LogP) is 2.20. The van der Waals surface area contributed by atoms with Gasteiger partial charge in [-0.2, -0.15) is 0 Å². The van der Waals surface area contributed by atoms with Crippen LogP contribution < -0.4 is 5.32 Å². The van der Waals surface area contributed by atoms with E-state index < -0.39 is 0 Å². The van der Waals surface area contributed by atoms with E-state index in [2.05, 4.69) is 21.2 Å². The van der Waals surface area contributed by atoms with Crippen molar-refractivity contribution >= 4 is 21.8 Å². The van der Waals surface area contributed by atoms with Gasteiger partial charge in [-0.1, -0.05) is 28.1 Å². The lowest BCUT2D eigenvalue weighted by Gasteiger charge is -2.52. The Morgan fingerprint density at radius 3 is 2.74 bits per heavy atom. The van der Waals surface area contributed by atoms with Gasteiger partial charge in [-0.25, -0.2) is 0 Å². The average molecular weight is 323 g/mol. The van der Waals surface area contributed by atoms with E-state index in [0.29, 0.717) is 11.8 Å². The molecule has 3 rings (SSSR count). The summed E-state index contributed by atoms with van der Waals surface area (Å²) in [6.07, 6.45) is 2.95. The quantitative estimate of drug-likeness (QED) is 0.905. The minimum absolute atomic E-state index is 0.266. The Labute approximate surface area is 122 Å². The third-order valence-electron chi connectivity index (χ3n) is 4.31. The Morgan fingerprint density at radius 2 is 2.05 bits per heavy atom. The van der Waals surface area contributed by atoms with Crippen molar-refractivity contribution in [3.63, 3.8) is 0 Å². The number of rotatable bonds is 2. The number of hydrogen-bond donors (Lipinski definition) is 1. The molecule has 4 heteroatoms. The van der Waals surface area contributed by atoms with Gasteiger partial charge in [0.25, 0.3) is 0 Å². The molecular formula is C15H19BrN2O. The number of hydrogen-bond acceptors (Lipinski definition) is 2. The molecule has 3 nitrogen and oxygen atoms in total. The highest BCUT2D eigenvalue weighted by atomic mass is 79.9. The summed E-state index contributed by atoms with van der Waals surface area (Å²) in [7, 11) is 0. The molecule has 0 bridgehead atoms. The van der Waals surface area contributed by atoms with Crippen molar-refractivity contribution in [2.24, 2.45) is 5.41 Å². The minimum atomic E-state index is 0.266. The van der Waals surface area contributed by atoms with Gasteiger partial charge in [0.05, 0.1) is 6.42 Å². The maximum atomic E-state index is 12.2. The molecule has 1 N–H and O–H groups in total. The van der Waals surface area contributed by atoms with Crippen LogP contribution in [0.4, 0.5) is 0 Å². The molecule has 0 atom stereocenters. The first-order chi connectivity index (χ1) is 9.17. The van der Waals surface area contributed by atoms with Gasteiger partial charge >= 0.3 is 0 Å². The maximum Gasteiger partial charge on any atom is 0.227 e. The van der Waals surface area contributed by atoms with E-state index in [4.69, 9.17) is 0 Å². The van der Waals surface area contributed by atoms with Crippen molar-refractivity contribution in [1.29, 1.82) is 0 Å². The molecule has 1 amide bonds. The summed E-state index contributed by atoms with van der Waals surface area (Å²) in [6, 6.07) is 8.01. The molecule has 0 unspecified atom stereocenters. The number of nitrogens with one attached hydrogen (secondary N) is 1. The molecule has 2 aliphatic heterocycles. The molecule has 2 heterocycles. The van der Waals surface area contributed by atoms with E-state index in [1.165, 1.54) is 12.8 Å². The SMILES string of the molecule is O=C(Cc1cccc(Br)c1)N1CC2(CCNCC2)C1. The van der Waals surface area contributed by atoms with Crippen molar-refractivity contribution < 1.29 is 4.79 Å². The molecule has 0 radical (unpaired) electrons. The van der Waals surface area contributed by atoms with E-state index in [0.717, 1.165) is 36.2 Å². The molecule has 2 fully saturated rings. The summed E-state index contributed by atoms with van der Waals surface area (Å²) >= 11 is 3.45. The van der Waals surface area contributed by atoms with Crippen molar-refractivity contribution in [3.8, 4) is 0 Å². The number of benzene rings is 1. The summed E-state index contributed by atoms with van der Waals surface area (Å²) < 4.78 is 1.04. The summed E-state index contributed by atoms with van der Waals surface area (Å²) in [5.74, 6) is 0.266. The second-order valence-corrected chi connectivity index (χ2v) is 6.72. The highest BCUT2D eigenvalue weighted by Gasteiger charge is 2.45. The highest BCUT2D eigenvalue weighted by molar-refractivity contribution is 9.10. The summed E-state index contributed by atoms with van der Waals surface area (Å²) in [5.41, 5.74) is 1.52. The Balaban J connectivity index is 1.55. The van der Waals surface area contributed by atoms with Crippen LogP contribution in [0.3, 0.4) is 0 Å². The number of carbonyl (C=O) groups excluding carboxylic acids is 1. The summed E-state index contributed by atoms with van der Waals surface area (Å²) in [5, 5.41) is 3.39. The van der Waals surface area contributed by atoms with Crippen LogP contribution in [0.1, 0.15) is 18.4 Å². The molecule has 2 saturated heterocycles. The smallest absolute Gasteiger partial charge is 0.227 e. The normalized spacial score (nSPS) is 21.2. The monoisotopic (exact) mass is 322 g/mol. The zero-order chi connectivity index (χ0) is 13.3. The third-order valence-corrected chi connectivity index (χ3v) is 4.81. The average Bonchev–Trinajstić information content (AvgIpc) is 2.36. The second kappa shape index (κ2) is 5.25. The molecular weight excluding hydrogens is 304 g/mol. The Bertz CT molecular complexity index is 475. The first-order valence-electron chi connectivity index (χ1n) is 6.90. The molecule has 0 aromatic heterocycles. The van der Waals surface area contributed by atoms with Crippen LogP contribution >= 0.6 is 15.9 Å². The standard InChI is InChI=1S/C15H19BrN2O/c16-13-3-1-2-12(8-13)9-14(19)18-10-15(11-18)4-6-17-7-5-15/h1-3,8,17H,4-7,9-11H2. The number of likely N-dealkylation sites (tertiary alicyclic amines) is 1. The van der Waals surface area contributed by atoms with Gasteiger partial charge in [-0.3, -0.25) is 4.79 Å². The second-order valence-electron chi connectivity index (χ2n) is 5.81. The van der Waals surface area contributed by atoms with Gasteiger partial charge in [0.1, 0.15) is 0 Å². The number of nitrogens with zero attached hydrogens (tertiary/aromatic N) is 1. The van der Waals surface area contributed by atoms with Gasteiger partial charge in [0.15, 0.2) is 0 Å². The number of amides is 1. The van der Waals surface area contributed by atoms with Gasteiger partial charge in [0, 0.05) is 23.0 Å². The zero-order valence-electron chi connectivity index (χ0n) is 11.0. The molecule has 1 aromatic rings. The Kier molecular flexibility index (Phi) is 3.63. The fraction of sp³-hybridized carbons (Fsp3) is 0.533. The van der Waals surface area contributed by atoms with Gasteiger partial charge in [-0.05, 0) is 43.6 Å². The van der Waals surface area contributed by atoms with Gasteiger partial charge in [-0.15, -0.1) is 0 Å². The van der Waals surface area contributed by atoms with Gasteiger partial charge < -0.3 is 10.2 Å². The van der Waals surface area contributed by atoms with Crippen LogP contribution in [0.15, 0.2) is 28.7 Å². The van der Waals surface area contributed by atoms with Crippen LogP contribution in [0.5, 0.6) is 0 Å². The van der Waals surface area contributed by atoms with E-state index in [1.54, 1.807) is 0 Å². The number of carbonyl (C=O) groups is 1. The Morgan fingerprint density at radius 1 is 1.32 bits per heavy atom. The largest absolute Gasteiger partial charge is 0.341 e. The molecule has 19 heavy (non-hydrogen) atoms. The van der Waals surface area contributed by atoms with Crippen molar-refractivity contribution in [2.75, 3.05) is 26.2 Å². The van der Waals surface area contributed by atoms with E-state index in [9.17, 15) is 4.79 Å². The van der Waals surface area contributed by atoms with Crippen LogP contribution in [0.2, 0.25) is 0 Å². The number of piperidine rings is 1. The van der Waals surface area contributed by atoms with E-state index >= 15 is 0 Å². The summed E-state index contributed by atoms with van der Waals surface area (Å²) in [4.78, 5) is 14.2. The molecule has 102 valence electrons. The third kappa shape index (κ3) is 2.84. The first-order valence-corrected chi connectivity index (χ1v) is 7.69. The number of halogens is 1. The maximum absolute atomic E-state index is 12.2. The van der Waals surface area contributed by atoms with Crippen molar-refractivity contribution in [1.82, 2.24) is 10.2 Å². The lowest BCUT2D eigenvalue weighted by atomic mass is 9.72. The fourth-order valence-corrected chi connectivity index (χ4v) is 3.59. The van der Waals surface area contributed by atoms with Crippen molar-refractivity contribution in [2.45, 2.75) is 19.3 Å². The molecule has 1 spiro atoms. The lowest BCUT2D eigenvalue weighted by Crippen LogP contribution is -2.61. The fourth-order valence-electron chi connectivity index (χ4n) is 3.15.